The summed E-state index contributed by atoms with van der Waals surface area (Å²) in [5.74, 6) is 1.16. The highest BCUT2D eigenvalue weighted by atomic mass is 16.2. The third-order valence-corrected chi connectivity index (χ3v) is 4.19. The fourth-order valence-corrected chi connectivity index (χ4v) is 2.58. The Bertz CT molecular complexity index is 759. The van der Waals surface area contributed by atoms with Crippen molar-refractivity contribution in [3.63, 3.8) is 0 Å². The van der Waals surface area contributed by atoms with E-state index in [2.05, 4.69) is 66.0 Å². The van der Waals surface area contributed by atoms with Crippen LogP contribution in [0.2, 0.25) is 0 Å². The van der Waals surface area contributed by atoms with E-state index < -0.39 is 0 Å². The Labute approximate surface area is 157 Å². The molecule has 1 aromatic carbocycles. The Kier molecular flexibility index (Phi) is 5.49. The van der Waals surface area contributed by atoms with Gasteiger partial charge >= 0.3 is 6.03 Å². The molecule has 0 saturated carbocycles. The van der Waals surface area contributed by atoms with E-state index in [4.69, 9.17) is 5.10 Å². The van der Waals surface area contributed by atoms with Crippen LogP contribution in [0.1, 0.15) is 72.6 Å². The van der Waals surface area contributed by atoms with Crippen molar-refractivity contribution >= 4 is 17.5 Å². The number of carbonyl (C=O) groups excluding carboxylic acids is 1. The van der Waals surface area contributed by atoms with Gasteiger partial charge in [0.1, 0.15) is 5.82 Å². The summed E-state index contributed by atoms with van der Waals surface area (Å²) in [4.78, 5) is 12.5. The number of nitrogens with one attached hydrogen (secondary N) is 2. The minimum atomic E-state index is -0.270. The number of nitrogens with zero attached hydrogens (tertiary/aromatic N) is 2. The lowest BCUT2D eigenvalue weighted by atomic mass is 9.92. The summed E-state index contributed by atoms with van der Waals surface area (Å²) in [6, 6.07) is 9.61. The van der Waals surface area contributed by atoms with E-state index in [1.165, 1.54) is 5.56 Å². The van der Waals surface area contributed by atoms with Crippen LogP contribution < -0.4 is 10.6 Å². The minimum absolute atomic E-state index is 0.0872. The zero-order chi connectivity index (χ0) is 19.7. The fourth-order valence-electron chi connectivity index (χ4n) is 2.58. The molecule has 5 heteroatoms. The summed E-state index contributed by atoms with van der Waals surface area (Å²) in [5.41, 5.74) is 2.64. The molecular formula is C21H32N4O. The number of hydrogen-bond donors (Lipinski definition) is 2. The van der Waals surface area contributed by atoms with E-state index in [-0.39, 0.29) is 17.0 Å². The second-order valence-corrected chi connectivity index (χ2v) is 9.10. The van der Waals surface area contributed by atoms with Gasteiger partial charge in [0, 0.05) is 17.2 Å². The molecule has 5 nitrogen and oxygen atoms in total. The van der Waals surface area contributed by atoms with Gasteiger partial charge in [-0.3, -0.25) is 5.32 Å². The first-order valence-electron chi connectivity index (χ1n) is 9.17. The molecule has 0 spiro atoms. The van der Waals surface area contributed by atoms with Crippen LogP contribution in [-0.2, 0) is 11.0 Å². The van der Waals surface area contributed by atoms with Gasteiger partial charge in [0.05, 0.1) is 11.2 Å². The highest BCUT2D eigenvalue weighted by Gasteiger charge is 2.25. The first-order chi connectivity index (χ1) is 11.9. The van der Waals surface area contributed by atoms with Crippen LogP contribution in [0.4, 0.5) is 16.3 Å². The highest BCUT2D eigenvalue weighted by molar-refractivity contribution is 5.99. The van der Waals surface area contributed by atoms with Crippen LogP contribution in [0.15, 0.2) is 30.3 Å². The molecule has 0 aliphatic carbocycles. The molecule has 0 fully saturated rings. The van der Waals surface area contributed by atoms with Crippen molar-refractivity contribution in [1.82, 2.24) is 9.78 Å². The Morgan fingerprint density at radius 3 is 2.04 bits per heavy atom. The van der Waals surface area contributed by atoms with Crippen molar-refractivity contribution in [1.29, 1.82) is 0 Å². The van der Waals surface area contributed by atoms with Crippen LogP contribution in [0.5, 0.6) is 0 Å². The van der Waals surface area contributed by atoms with Crippen molar-refractivity contribution < 1.29 is 4.79 Å². The molecule has 1 aromatic heterocycles. The summed E-state index contributed by atoms with van der Waals surface area (Å²) in [7, 11) is 0. The Morgan fingerprint density at radius 1 is 1.00 bits per heavy atom. The lowest BCUT2D eigenvalue weighted by Gasteiger charge is -2.23. The van der Waals surface area contributed by atoms with Crippen LogP contribution in [-0.4, -0.2) is 15.8 Å². The monoisotopic (exact) mass is 356 g/mol. The van der Waals surface area contributed by atoms with Gasteiger partial charge in [0.25, 0.3) is 0 Å². The van der Waals surface area contributed by atoms with Gasteiger partial charge in [-0.2, -0.15) is 5.10 Å². The molecule has 0 atom stereocenters. The van der Waals surface area contributed by atoms with Gasteiger partial charge in [-0.25, -0.2) is 9.48 Å². The van der Waals surface area contributed by atoms with Crippen LogP contribution in [0, 0.1) is 0 Å². The first-order valence-corrected chi connectivity index (χ1v) is 9.17. The molecule has 2 aromatic rings. The summed E-state index contributed by atoms with van der Waals surface area (Å²) in [6.07, 6.45) is 0. The van der Waals surface area contributed by atoms with Gasteiger partial charge in [-0.1, -0.05) is 46.8 Å². The smallest absolute Gasteiger partial charge is 0.308 e. The third kappa shape index (κ3) is 4.87. The topological polar surface area (TPSA) is 59.0 Å². The van der Waals surface area contributed by atoms with Crippen molar-refractivity contribution in [2.24, 2.45) is 0 Å². The number of rotatable bonds is 3. The average Bonchev–Trinajstić information content (AvgIpc) is 2.91. The zero-order valence-electron chi connectivity index (χ0n) is 17.3. The maximum absolute atomic E-state index is 12.5. The molecular weight excluding hydrogens is 324 g/mol. The van der Waals surface area contributed by atoms with E-state index in [1.54, 1.807) is 0 Å². The van der Waals surface area contributed by atoms with Gasteiger partial charge in [-0.15, -0.1) is 0 Å². The molecule has 0 unspecified atom stereocenters. The van der Waals surface area contributed by atoms with E-state index in [9.17, 15) is 4.79 Å². The molecule has 26 heavy (non-hydrogen) atoms. The van der Waals surface area contributed by atoms with E-state index in [0.29, 0.717) is 11.7 Å². The third-order valence-electron chi connectivity index (χ3n) is 4.19. The molecule has 0 aliphatic heterocycles. The summed E-state index contributed by atoms with van der Waals surface area (Å²) in [5, 5.41) is 10.6. The van der Waals surface area contributed by atoms with Crippen molar-refractivity contribution in [3.05, 3.63) is 41.6 Å². The molecule has 0 bridgehead atoms. The summed E-state index contributed by atoms with van der Waals surface area (Å²) >= 11 is 0. The maximum Gasteiger partial charge on any atom is 0.324 e. The maximum atomic E-state index is 12.5. The highest BCUT2D eigenvalue weighted by Crippen LogP contribution is 2.28. The SMILES string of the molecule is CC(C)c1ccc(NC(=O)Nc2cc(C(C)(C)C)nn2C(C)(C)C)cc1. The Balaban J connectivity index is 2.19. The largest absolute Gasteiger partial charge is 0.324 e. The molecule has 2 N–H and O–H groups in total. The molecule has 2 amide bonds. The number of anilines is 2. The molecule has 1 heterocycles. The van der Waals surface area contributed by atoms with Crippen molar-refractivity contribution in [2.75, 3.05) is 10.6 Å². The molecule has 0 aliphatic rings. The fraction of sp³-hybridized carbons (Fsp3) is 0.524. The Hall–Kier alpha value is -2.30. The van der Waals surface area contributed by atoms with E-state index >= 15 is 0 Å². The Morgan fingerprint density at radius 2 is 1.58 bits per heavy atom. The van der Waals surface area contributed by atoms with Crippen LogP contribution >= 0.6 is 0 Å². The standard InChI is InChI=1S/C21H32N4O/c1-14(2)15-9-11-16(12-10-15)22-19(26)23-18-13-17(20(3,4)5)24-25(18)21(6,7)8/h9-14H,1-8H3,(H2,22,23,26). The molecule has 142 valence electrons. The average molecular weight is 357 g/mol. The van der Waals surface area contributed by atoms with E-state index in [0.717, 1.165) is 11.4 Å². The minimum Gasteiger partial charge on any atom is -0.308 e. The van der Waals surface area contributed by atoms with E-state index in [1.807, 2.05) is 35.0 Å². The predicted octanol–water partition coefficient (Wildman–Crippen LogP) is 5.70. The molecule has 0 saturated heterocycles. The molecule has 0 radical (unpaired) electrons. The number of amides is 2. The normalized spacial score (nSPS) is 12.3. The van der Waals surface area contributed by atoms with Gasteiger partial charge in [-0.05, 0) is 44.4 Å². The second kappa shape index (κ2) is 7.14. The quantitative estimate of drug-likeness (QED) is 0.741. The number of carbonyl (C=O) groups is 1. The van der Waals surface area contributed by atoms with Crippen molar-refractivity contribution in [3.8, 4) is 0 Å². The number of hydrogen-bond acceptors (Lipinski definition) is 2. The predicted molar refractivity (Wildman–Crippen MR) is 109 cm³/mol. The van der Waals surface area contributed by atoms with Crippen LogP contribution in [0.25, 0.3) is 0 Å². The lowest BCUT2D eigenvalue weighted by Crippen LogP contribution is -2.28. The van der Waals surface area contributed by atoms with Gasteiger partial charge in [0.15, 0.2) is 0 Å². The summed E-state index contributed by atoms with van der Waals surface area (Å²) < 4.78 is 1.87. The lowest BCUT2D eigenvalue weighted by molar-refractivity contribution is 0.261. The number of benzene rings is 1. The van der Waals surface area contributed by atoms with Gasteiger partial charge in [0.2, 0.25) is 0 Å². The van der Waals surface area contributed by atoms with Gasteiger partial charge < -0.3 is 5.32 Å². The molecule has 2 rings (SSSR count). The first kappa shape index (κ1) is 20.0. The van der Waals surface area contributed by atoms with Crippen molar-refractivity contribution in [2.45, 2.75) is 72.3 Å². The second-order valence-electron chi connectivity index (χ2n) is 9.10. The number of urea groups is 1. The van der Waals surface area contributed by atoms with Crippen LogP contribution in [0.3, 0.4) is 0 Å². The zero-order valence-corrected chi connectivity index (χ0v) is 17.3. The number of aromatic nitrogens is 2. The summed E-state index contributed by atoms with van der Waals surface area (Å²) in [6.45, 7) is 16.8.